The van der Waals surface area contributed by atoms with Crippen molar-refractivity contribution in [1.29, 1.82) is 0 Å². The van der Waals surface area contributed by atoms with Crippen LogP contribution in [0.4, 0.5) is 21.8 Å². The zero-order valence-electron chi connectivity index (χ0n) is 21.2. The number of para-hydroxylation sites is 1. The third-order valence-electron chi connectivity index (χ3n) is 5.43. The van der Waals surface area contributed by atoms with Crippen LogP contribution in [0, 0.1) is 18.2 Å². The van der Waals surface area contributed by atoms with E-state index in [1.54, 1.807) is 46.8 Å². The maximum absolute atomic E-state index is 13.9. The standard InChI is InChI=1S/C25H30ClFN6O3S/c1-14-32-33-22(36-14)29-12-15-7-6-8-19(28)20(15)30-23(37)31-25(5,13-35-21(34)24(2,3)4)16-9-10-18(27)17(26)11-16/h6-11H,12-13,28H2,1-5H3,(H,29,33)(H2,30,31,37). The summed E-state index contributed by atoms with van der Waals surface area (Å²) >= 11 is 11.7. The number of hydrogen-bond donors (Lipinski definition) is 4. The SMILES string of the molecule is Cc1nnc(NCc2cccc(N)c2NC(=S)NC(C)(COC(=O)C(C)(C)C)c2ccc(F)c(Cl)c2)o1. The van der Waals surface area contributed by atoms with Crippen molar-refractivity contribution < 1.29 is 18.3 Å². The van der Waals surface area contributed by atoms with Crippen LogP contribution in [-0.4, -0.2) is 27.9 Å². The normalized spacial score (nSPS) is 12.9. The van der Waals surface area contributed by atoms with Gasteiger partial charge in [-0.05, 0) is 69.2 Å². The third-order valence-corrected chi connectivity index (χ3v) is 5.92. The summed E-state index contributed by atoms with van der Waals surface area (Å²) in [5.41, 5.74) is 6.85. The summed E-state index contributed by atoms with van der Waals surface area (Å²) in [6.45, 7) is 8.96. The first kappa shape index (κ1) is 28.1. The average molecular weight is 549 g/mol. The van der Waals surface area contributed by atoms with Crippen LogP contribution < -0.4 is 21.7 Å². The molecule has 5 N–H and O–H groups in total. The Morgan fingerprint density at radius 2 is 1.95 bits per heavy atom. The summed E-state index contributed by atoms with van der Waals surface area (Å²) in [6.07, 6.45) is 0. The highest BCUT2D eigenvalue weighted by Crippen LogP contribution is 2.29. The van der Waals surface area contributed by atoms with Gasteiger partial charge in [0.25, 0.3) is 0 Å². The van der Waals surface area contributed by atoms with Crippen LogP contribution >= 0.6 is 23.8 Å². The van der Waals surface area contributed by atoms with E-state index >= 15 is 0 Å². The fraction of sp³-hybridized carbons (Fsp3) is 0.360. The number of anilines is 3. The smallest absolute Gasteiger partial charge is 0.315 e. The molecule has 0 bridgehead atoms. The van der Waals surface area contributed by atoms with Crippen molar-refractivity contribution in [1.82, 2.24) is 15.5 Å². The molecule has 9 nitrogen and oxygen atoms in total. The molecule has 3 rings (SSSR count). The van der Waals surface area contributed by atoms with Crippen molar-refractivity contribution in [3.8, 4) is 0 Å². The lowest BCUT2D eigenvalue weighted by Gasteiger charge is -2.33. The maximum Gasteiger partial charge on any atom is 0.315 e. The van der Waals surface area contributed by atoms with Crippen molar-refractivity contribution in [3.63, 3.8) is 0 Å². The number of carbonyl (C=O) groups excluding carboxylic acids is 1. The number of nitrogens with one attached hydrogen (secondary N) is 3. The molecule has 0 amide bonds. The minimum atomic E-state index is -1.05. The minimum absolute atomic E-state index is 0.0662. The summed E-state index contributed by atoms with van der Waals surface area (Å²) in [5.74, 6) is -0.526. The van der Waals surface area contributed by atoms with Crippen molar-refractivity contribution in [3.05, 3.63) is 64.3 Å². The van der Waals surface area contributed by atoms with Crippen molar-refractivity contribution in [2.24, 2.45) is 5.41 Å². The van der Waals surface area contributed by atoms with Gasteiger partial charge >= 0.3 is 12.0 Å². The number of ether oxygens (including phenoxy) is 1. The summed E-state index contributed by atoms with van der Waals surface area (Å²) in [7, 11) is 0. The van der Waals surface area contributed by atoms with Crippen molar-refractivity contribution in [2.45, 2.75) is 46.7 Å². The van der Waals surface area contributed by atoms with Gasteiger partial charge in [-0.2, -0.15) is 0 Å². The zero-order chi connectivity index (χ0) is 27.4. The van der Waals surface area contributed by atoms with E-state index in [1.165, 1.54) is 12.1 Å². The molecule has 1 atom stereocenters. The summed E-state index contributed by atoms with van der Waals surface area (Å²) < 4.78 is 24.8. The van der Waals surface area contributed by atoms with Crippen LogP contribution in [0.1, 0.15) is 44.7 Å². The number of hydrogen-bond acceptors (Lipinski definition) is 8. The van der Waals surface area contributed by atoms with E-state index in [1.807, 2.05) is 12.1 Å². The molecule has 12 heteroatoms. The molecule has 0 saturated carbocycles. The number of aryl methyl sites for hydroxylation is 1. The van der Waals surface area contributed by atoms with E-state index in [-0.39, 0.29) is 22.8 Å². The predicted octanol–water partition coefficient (Wildman–Crippen LogP) is 5.16. The van der Waals surface area contributed by atoms with E-state index in [4.69, 9.17) is 38.7 Å². The van der Waals surface area contributed by atoms with Gasteiger partial charge in [0.1, 0.15) is 12.4 Å². The number of nitrogen functional groups attached to an aromatic ring is 1. The number of halogens is 2. The highest BCUT2D eigenvalue weighted by atomic mass is 35.5. The first-order chi connectivity index (χ1) is 17.3. The monoisotopic (exact) mass is 548 g/mol. The third kappa shape index (κ3) is 7.30. The summed E-state index contributed by atoms with van der Waals surface area (Å²) in [4.78, 5) is 12.5. The molecule has 198 valence electrons. The quantitative estimate of drug-likeness (QED) is 0.170. The maximum atomic E-state index is 13.9. The van der Waals surface area contributed by atoms with E-state index < -0.39 is 22.7 Å². The molecular weight excluding hydrogens is 519 g/mol. The highest BCUT2D eigenvalue weighted by Gasteiger charge is 2.33. The Balaban J connectivity index is 1.83. The van der Waals surface area contributed by atoms with Crippen LogP contribution in [0.3, 0.4) is 0 Å². The van der Waals surface area contributed by atoms with Gasteiger partial charge in [0.2, 0.25) is 5.89 Å². The molecule has 2 aromatic carbocycles. The molecular formula is C25H30ClFN6O3S. The molecule has 1 aromatic heterocycles. The number of nitrogens with two attached hydrogens (primary N) is 1. The minimum Gasteiger partial charge on any atom is -0.462 e. The van der Waals surface area contributed by atoms with Gasteiger partial charge in [0.05, 0.1) is 27.4 Å². The average Bonchev–Trinajstić information content (AvgIpc) is 3.24. The summed E-state index contributed by atoms with van der Waals surface area (Å²) in [5, 5.41) is 17.2. The van der Waals surface area contributed by atoms with E-state index in [0.717, 1.165) is 5.56 Å². The Kier molecular flexibility index (Phi) is 8.60. The van der Waals surface area contributed by atoms with Gasteiger partial charge < -0.3 is 30.8 Å². The molecule has 0 spiro atoms. The molecule has 1 unspecified atom stereocenters. The van der Waals surface area contributed by atoms with Gasteiger partial charge in [0, 0.05) is 13.5 Å². The zero-order valence-corrected chi connectivity index (χ0v) is 22.8. The number of aromatic nitrogens is 2. The van der Waals surface area contributed by atoms with Gasteiger partial charge in [-0.15, -0.1) is 5.10 Å². The number of rotatable bonds is 8. The lowest BCUT2D eigenvalue weighted by atomic mass is 9.92. The topological polar surface area (TPSA) is 127 Å². The molecule has 3 aromatic rings. The Morgan fingerprint density at radius 3 is 2.57 bits per heavy atom. The molecule has 0 aliphatic rings. The number of benzene rings is 2. The van der Waals surface area contributed by atoms with Crippen LogP contribution in [0.2, 0.25) is 5.02 Å². The van der Waals surface area contributed by atoms with Crippen LogP contribution in [0.5, 0.6) is 0 Å². The molecule has 1 heterocycles. The fourth-order valence-electron chi connectivity index (χ4n) is 3.31. The molecule has 0 saturated heterocycles. The highest BCUT2D eigenvalue weighted by molar-refractivity contribution is 7.80. The fourth-order valence-corrected chi connectivity index (χ4v) is 3.82. The number of thiocarbonyl (C=S) groups is 1. The van der Waals surface area contributed by atoms with Gasteiger partial charge in [0.15, 0.2) is 5.11 Å². The first-order valence-corrected chi connectivity index (χ1v) is 12.2. The molecule has 0 aliphatic carbocycles. The molecule has 0 fully saturated rings. The number of nitrogens with zero attached hydrogens (tertiary/aromatic N) is 2. The largest absolute Gasteiger partial charge is 0.462 e. The first-order valence-electron chi connectivity index (χ1n) is 11.4. The van der Waals surface area contributed by atoms with E-state index in [0.29, 0.717) is 29.4 Å². The second-order valence-corrected chi connectivity index (χ2v) is 10.5. The second kappa shape index (κ2) is 11.3. The van der Waals surface area contributed by atoms with Crippen molar-refractivity contribution >= 4 is 52.3 Å². The van der Waals surface area contributed by atoms with E-state index in [2.05, 4.69) is 26.1 Å². The van der Waals surface area contributed by atoms with Crippen LogP contribution in [-0.2, 0) is 21.6 Å². The van der Waals surface area contributed by atoms with Gasteiger partial charge in [-0.3, -0.25) is 4.79 Å². The Hall–Kier alpha value is -3.44. The number of carbonyl (C=O) groups is 1. The van der Waals surface area contributed by atoms with Crippen LogP contribution in [0.15, 0.2) is 40.8 Å². The lowest BCUT2D eigenvalue weighted by molar-refractivity contribution is -0.155. The van der Waals surface area contributed by atoms with Gasteiger partial charge in [-0.1, -0.05) is 34.9 Å². The lowest BCUT2D eigenvalue weighted by Crippen LogP contribution is -2.49. The predicted molar refractivity (Wildman–Crippen MR) is 146 cm³/mol. The second-order valence-electron chi connectivity index (χ2n) is 9.73. The van der Waals surface area contributed by atoms with Crippen molar-refractivity contribution in [2.75, 3.05) is 23.0 Å². The van der Waals surface area contributed by atoms with Crippen LogP contribution in [0.25, 0.3) is 0 Å². The van der Waals surface area contributed by atoms with Gasteiger partial charge in [-0.25, -0.2) is 4.39 Å². The summed E-state index contributed by atoms with van der Waals surface area (Å²) in [6, 6.07) is 9.95. The Morgan fingerprint density at radius 1 is 1.22 bits per heavy atom. The molecule has 0 radical (unpaired) electrons. The van der Waals surface area contributed by atoms with E-state index in [9.17, 15) is 9.18 Å². The Labute approximate surface area is 225 Å². The Bertz CT molecular complexity index is 1300. The molecule has 37 heavy (non-hydrogen) atoms. The molecule has 0 aliphatic heterocycles. The number of esters is 1.